The van der Waals surface area contributed by atoms with Crippen LogP contribution in [0.15, 0.2) is 42.7 Å². The second-order valence-corrected chi connectivity index (χ2v) is 7.91. The number of hydrogen-bond donors (Lipinski definition) is 3. The molecule has 1 unspecified atom stereocenters. The van der Waals surface area contributed by atoms with Crippen LogP contribution < -0.4 is 15.4 Å². The second-order valence-electron chi connectivity index (χ2n) is 6.03. The van der Waals surface area contributed by atoms with Gasteiger partial charge in [0.25, 0.3) is 0 Å². The van der Waals surface area contributed by atoms with Gasteiger partial charge in [0, 0.05) is 44.8 Å². The summed E-state index contributed by atoms with van der Waals surface area (Å²) in [5.74, 6) is 0. The first kappa shape index (κ1) is 19.7. The zero-order valence-electron chi connectivity index (χ0n) is 15.0. The molecule has 0 bridgehead atoms. The van der Waals surface area contributed by atoms with Crippen molar-refractivity contribution < 1.29 is 13.2 Å². The Morgan fingerprint density at radius 2 is 2.00 bits per heavy atom. The zero-order chi connectivity index (χ0) is 19.2. The Morgan fingerprint density at radius 1 is 1.27 bits per heavy atom. The third-order valence-electron chi connectivity index (χ3n) is 3.58. The number of nitrogens with zero attached hydrogens (tertiary/aromatic N) is 3. The van der Waals surface area contributed by atoms with Gasteiger partial charge in [-0.3, -0.25) is 9.40 Å². The van der Waals surface area contributed by atoms with E-state index in [1.165, 1.54) is 14.1 Å². The van der Waals surface area contributed by atoms with E-state index in [4.69, 9.17) is 0 Å². The molecule has 1 aromatic carbocycles. The molecule has 3 N–H and O–H groups in total. The molecular formula is C16H24N6O3S. The number of carbonyl (C=O) groups is 1. The average Bonchev–Trinajstić information content (AvgIpc) is 3.06. The number of aryl methyl sites for hydroxylation is 1. The van der Waals surface area contributed by atoms with Crippen LogP contribution in [-0.2, 0) is 16.8 Å². The van der Waals surface area contributed by atoms with Crippen LogP contribution in [0.5, 0.6) is 0 Å². The summed E-state index contributed by atoms with van der Waals surface area (Å²) in [4.78, 5) is 12.1. The Labute approximate surface area is 153 Å². The molecular weight excluding hydrogens is 356 g/mol. The highest BCUT2D eigenvalue weighted by Crippen LogP contribution is 2.16. The lowest BCUT2D eigenvalue weighted by atomic mass is 10.2. The molecule has 0 radical (unpaired) electrons. The fourth-order valence-corrected chi connectivity index (χ4v) is 2.73. The molecule has 2 amide bonds. The number of amides is 2. The highest BCUT2D eigenvalue weighted by molar-refractivity contribution is 7.90. The lowest BCUT2D eigenvalue weighted by Gasteiger charge is -2.16. The maximum absolute atomic E-state index is 12.1. The van der Waals surface area contributed by atoms with Gasteiger partial charge in [0.1, 0.15) is 0 Å². The molecule has 1 heterocycles. The summed E-state index contributed by atoms with van der Waals surface area (Å²) in [5.41, 5.74) is 0.851. The highest BCUT2D eigenvalue weighted by atomic mass is 32.2. The van der Waals surface area contributed by atoms with Crippen molar-refractivity contribution in [3.63, 3.8) is 0 Å². The molecule has 0 saturated carbocycles. The fraction of sp³-hybridized carbons (Fsp3) is 0.375. The number of rotatable bonds is 8. The second kappa shape index (κ2) is 8.68. The molecule has 0 saturated heterocycles. The van der Waals surface area contributed by atoms with Crippen LogP contribution in [0.1, 0.15) is 13.3 Å². The standard InChI is InChI=1S/C16H24N6O3S/c1-13(8-11-22-10-5-9-17-22)18-16(23)19-14-6-4-7-15(12-14)20-26(24,25)21(2)3/h4-7,9-10,12-13,20H,8,11H2,1-3H3,(H2,18,19,23). The van der Waals surface area contributed by atoms with Crippen molar-refractivity contribution in [3.05, 3.63) is 42.7 Å². The number of aromatic nitrogens is 2. The molecule has 0 aliphatic rings. The largest absolute Gasteiger partial charge is 0.335 e. The molecule has 0 spiro atoms. The van der Waals surface area contributed by atoms with Gasteiger partial charge in [0.2, 0.25) is 0 Å². The molecule has 26 heavy (non-hydrogen) atoms. The van der Waals surface area contributed by atoms with Gasteiger partial charge >= 0.3 is 16.2 Å². The van der Waals surface area contributed by atoms with Gasteiger partial charge in [-0.1, -0.05) is 6.07 Å². The quantitative estimate of drug-likeness (QED) is 0.648. The van der Waals surface area contributed by atoms with Crippen molar-refractivity contribution in [1.82, 2.24) is 19.4 Å². The molecule has 2 aromatic rings. The van der Waals surface area contributed by atoms with E-state index in [-0.39, 0.29) is 12.1 Å². The van der Waals surface area contributed by atoms with E-state index in [1.807, 2.05) is 19.2 Å². The summed E-state index contributed by atoms with van der Waals surface area (Å²) in [6.07, 6.45) is 4.31. The van der Waals surface area contributed by atoms with E-state index in [2.05, 4.69) is 20.5 Å². The number of nitrogens with one attached hydrogen (secondary N) is 3. The molecule has 0 fully saturated rings. The lowest BCUT2D eigenvalue weighted by Crippen LogP contribution is -2.36. The van der Waals surface area contributed by atoms with Gasteiger partial charge < -0.3 is 10.6 Å². The molecule has 0 aliphatic heterocycles. The summed E-state index contributed by atoms with van der Waals surface area (Å²) in [6.45, 7) is 2.61. The molecule has 9 nitrogen and oxygen atoms in total. The maximum atomic E-state index is 12.1. The number of anilines is 2. The Hall–Kier alpha value is -2.59. The third kappa shape index (κ3) is 6.05. The van der Waals surface area contributed by atoms with E-state index in [9.17, 15) is 13.2 Å². The topological polar surface area (TPSA) is 108 Å². The van der Waals surface area contributed by atoms with Crippen molar-refractivity contribution in [2.24, 2.45) is 0 Å². The van der Waals surface area contributed by atoms with E-state index < -0.39 is 10.2 Å². The van der Waals surface area contributed by atoms with Crippen molar-refractivity contribution >= 4 is 27.6 Å². The van der Waals surface area contributed by atoms with E-state index in [1.54, 1.807) is 35.1 Å². The normalized spacial score (nSPS) is 12.6. The van der Waals surface area contributed by atoms with E-state index >= 15 is 0 Å². The summed E-state index contributed by atoms with van der Waals surface area (Å²) >= 11 is 0. The van der Waals surface area contributed by atoms with Crippen LogP contribution in [0.3, 0.4) is 0 Å². The van der Waals surface area contributed by atoms with Crippen LogP contribution in [-0.4, -0.2) is 48.7 Å². The molecule has 1 atom stereocenters. The smallest absolute Gasteiger partial charge is 0.319 e. The van der Waals surface area contributed by atoms with Crippen molar-refractivity contribution in [2.45, 2.75) is 25.9 Å². The first-order valence-electron chi connectivity index (χ1n) is 8.11. The SMILES string of the molecule is CC(CCn1cccn1)NC(=O)Nc1cccc(NS(=O)(=O)N(C)C)c1. The first-order chi connectivity index (χ1) is 12.3. The summed E-state index contributed by atoms with van der Waals surface area (Å²) in [5, 5.41) is 9.65. The van der Waals surface area contributed by atoms with Crippen LogP contribution >= 0.6 is 0 Å². The summed E-state index contributed by atoms with van der Waals surface area (Å²) in [6, 6.07) is 7.94. The third-order valence-corrected chi connectivity index (χ3v) is 5.03. The van der Waals surface area contributed by atoms with Crippen molar-refractivity contribution in [1.29, 1.82) is 0 Å². The Balaban J connectivity index is 1.87. The Kier molecular flexibility index (Phi) is 6.58. The van der Waals surface area contributed by atoms with Crippen LogP contribution in [0.25, 0.3) is 0 Å². The van der Waals surface area contributed by atoms with Gasteiger partial charge in [-0.25, -0.2) is 4.79 Å². The van der Waals surface area contributed by atoms with E-state index in [0.29, 0.717) is 17.9 Å². The number of benzene rings is 1. The maximum Gasteiger partial charge on any atom is 0.319 e. The monoisotopic (exact) mass is 380 g/mol. The number of hydrogen-bond acceptors (Lipinski definition) is 4. The number of carbonyl (C=O) groups excluding carboxylic acids is 1. The molecule has 2 rings (SSSR count). The molecule has 142 valence electrons. The minimum Gasteiger partial charge on any atom is -0.335 e. The van der Waals surface area contributed by atoms with Gasteiger partial charge in [0.15, 0.2) is 0 Å². The Morgan fingerprint density at radius 3 is 2.65 bits per heavy atom. The van der Waals surface area contributed by atoms with Crippen molar-refractivity contribution in [3.8, 4) is 0 Å². The van der Waals surface area contributed by atoms with Crippen LogP contribution in [0.4, 0.5) is 16.2 Å². The number of urea groups is 1. The molecule has 10 heteroatoms. The summed E-state index contributed by atoms with van der Waals surface area (Å²) < 4.78 is 29.0. The van der Waals surface area contributed by atoms with Crippen LogP contribution in [0, 0.1) is 0 Å². The molecule has 0 aliphatic carbocycles. The fourth-order valence-electron chi connectivity index (χ4n) is 2.12. The van der Waals surface area contributed by atoms with Crippen molar-refractivity contribution in [2.75, 3.05) is 24.1 Å². The molecule has 1 aromatic heterocycles. The zero-order valence-corrected chi connectivity index (χ0v) is 15.8. The first-order valence-corrected chi connectivity index (χ1v) is 9.55. The van der Waals surface area contributed by atoms with Gasteiger partial charge in [-0.15, -0.1) is 0 Å². The van der Waals surface area contributed by atoms with Gasteiger partial charge in [-0.05, 0) is 37.6 Å². The van der Waals surface area contributed by atoms with Gasteiger partial charge in [0.05, 0.1) is 5.69 Å². The van der Waals surface area contributed by atoms with E-state index in [0.717, 1.165) is 10.7 Å². The predicted molar refractivity (Wildman–Crippen MR) is 101 cm³/mol. The van der Waals surface area contributed by atoms with Gasteiger partial charge in [-0.2, -0.15) is 17.8 Å². The highest BCUT2D eigenvalue weighted by Gasteiger charge is 2.13. The van der Waals surface area contributed by atoms with Crippen LogP contribution in [0.2, 0.25) is 0 Å². The minimum atomic E-state index is -3.60. The summed E-state index contributed by atoms with van der Waals surface area (Å²) in [7, 11) is -0.731. The average molecular weight is 380 g/mol. The lowest BCUT2D eigenvalue weighted by molar-refractivity contribution is 0.248. The Bertz CT molecular complexity index is 820. The predicted octanol–water partition coefficient (Wildman–Crippen LogP) is 1.70. The minimum absolute atomic E-state index is 0.0466.